The van der Waals surface area contributed by atoms with Crippen molar-refractivity contribution in [3.8, 4) is 0 Å². The van der Waals surface area contributed by atoms with Crippen molar-refractivity contribution in [1.29, 1.82) is 0 Å². The maximum absolute atomic E-state index is 11.7. The molecule has 3 heteroatoms. The molecule has 1 fully saturated rings. The molecule has 2 atom stereocenters. The molecule has 1 aliphatic heterocycles. The number of nitrogens with zero attached hydrogens (tertiary/aromatic N) is 1. The summed E-state index contributed by atoms with van der Waals surface area (Å²) in [6.07, 6.45) is 1.12. The lowest BCUT2D eigenvalue weighted by Crippen LogP contribution is -2.45. The van der Waals surface area contributed by atoms with Crippen LogP contribution in [-0.4, -0.2) is 28.7 Å². The molecule has 2 unspecified atom stereocenters. The maximum Gasteiger partial charge on any atom is 0.225 e. The monoisotopic (exact) mass is 247 g/mol. The van der Waals surface area contributed by atoms with Crippen LogP contribution in [0.3, 0.4) is 0 Å². The van der Waals surface area contributed by atoms with Crippen molar-refractivity contribution in [2.75, 3.05) is 13.1 Å². The van der Waals surface area contributed by atoms with Crippen LogP contribution in [0, 0.1) is 11.8 Å². The lowest BCUT2D eigenvalue weighted by molar-refractivity contribution is -0.135. The normalized spacial score (nSPS) is 29.5. The van der Waals surface area contributed by atoms with Gasteiger partial charge in [-0.15, -0.1) is 0 Å². The summed E-state index contributed by atoms with van der Waals surface area (Å²) in [4.78, 5) is 14.1. The van der Waals surface area contributed by atoms with E-state index in [1.807, 2.05) is 18.7 Å². The second kappa shape index (κ2) is 4.45. The first kappa shape index (κ1) is 11.0. The highest BCUT2D eigenvalue weighted by Gasteiger charge is 2.27. The van der Waals surface area contributed by atoms with E-state index in [1.165, 1.54) is 0 Å². The fourth-order valence-corrected chi connectivity index (χ4v) is 2.20. The van der Waals surface area contributed by atoms with Crippen LogP contribution in [0.15, 0.2) is 0 Å². The van der Waals surface area contributed by atoms with E-state index in [0.717, 1.165) is 19.5 Å². The van der Waals surface area contributed by atoms with E-state index in [9.17, 15) is 4.79 Å². The van der Waals surface area contributed by atoms with Crippen LogP contribution in [0.5, 0.6) is 0 Å². The van der Waals surface area contributed by atoms with Gasteiger partial charge in [-0.2, -0.15) is 0 Å². The summed E-state index contributed by atoms with van der Waals surface area (Å²) >= 11 is 3.62. The molecule has 0 bridgehead atoms. The molecule has 76 valence electrons. The van der Waals surface area contributed by atoms with Gasteiger partial charge >= 0.3 is 0 Å². The van der Waals surface area contributed by atoms with Gasteiger partial charge in [0.05, 0.1) is 0 Å². The smallest absolute Gasteiger partial charge is 0.225 e. The highest BCUT2D eigenvalue weighted by Crippen LogP contribution is 2.24. The Bertz CT molecular complexity index is 193. The molecule has 0 aliphatic carbocycles. The second-order valence-electron chi connectivity index (χ2n) is 4.22. The van der Waals surface area contributed by atoms with Crippen molar-refractivity contribution in [3.05, 3.63) is 0 Å². The number of piperidine rings is 1. The molecule has 0 saturated carbocycles. The molecule has 1 aliphatic rings. The highest BCUT2D eigenvalue weighted by molar-refractivity contribution is 9.09. The van der Waals surface area contributed by atoms with Crippen molar-refractivity contribution in [2.24, 2.45) is 11.8 Å². The van der Waals surface area contributed by atoms with Crippen LogP contribution in [0.4, 0.5) is 0 Å². The van der Waals surface area contributed by atoms with Crippen molar-refractivity contribution >= 4 is 21.8 Å². The van der Waals surface area contributed by atoms with Gasteiger partial charge in [0.15, 0.2) is 0 Å². The van der Waals surface area contributed by atoms with E-state index in [-0.39, 0.29) is 11.8 Å². The van der Waals surface area contributed by atoms with Crippen molar-refractivity contribution in [1.82, 2.24) is 4.90 Å². The molecule has 1 saturated heterocycles. The zero-order valence-corrected chi connectivity index (χ0v) is 10.2. The third kappa shape index (κ3) is 2.70. The zero-order chi connectivity index (χ0) is 10.0. The van der Waals surface area contributed by atoms with Crippen LogP contribution >= 0.6 is 15.9 Å². The summed E-state index contributed by atoms with van der Waals surface area (Å²) in [6, 6.07) is 0. The Labute approximate surface area is 88.8 Å². The first-order valence-corrected chi connectivity index (χ1v) is 5.86. The quantitative estimate of drug-likeness (QED) is 0.652. The SMILES string of the molecule is CC(C)C(=O)N1CCC(C)C(Br)C1. The Kier molecular flexibility index (Phi) is 3.77. The van der Waals surface area contributed by atoms with E-state index in [2.05, 4.69) is 22.9 Å². The molecule has 0 spiro atoms. The van der Waals surface area contributed by atoms with Crippen molar-refractivity contribution < 1.29 is 4.79 Å². The van der Waals surface area contributed by atoms with Crippen LogP contribution in [0.1, 0.15) is 27.2 Å². The van der Waals surface area contributed by atoms with Gasteiger partial charge in [0, 0.05) is 23.8 Å². The molecule has 1 rings (SSSR count). The molecule has 1 heterocycles. The zero-order valence-electron chi connectivity index (χ0n) is 8.59. The number of carbonyl (C=O) groups is 1. The van der Waals surface area contributed by atoms with Gasteiger partial charge in [-0.25, -0.2) is 0 Å². The van der Waals surface area contributed by atoms with E-state index < -0.39 is 0 Å². The third-order valence-electron chi connectivity index (χ3n) is 2.67. The lowest BCUT2D eigenvalue weighted by Gasteiger charge is -2.35. The summed E-state index contributed by atoms with van der Waals surface area (Å²) in [5.41, 5.74) is 0. The minimum Gasteiger partial charge on any atom is -0.341 e. The average Bonchev–Trinajstić information content (AvgIpc) is 2.08. The summed E-state index contributed by atoms with van der Waals surface area (Å²) in [6.45, 7) is 7.96. The molecule has 2 nitrogen and oxygen atoms in total. The minimum atomic E-state index is 0.133. The van der Waals surface area contributed by atoms with Gasteiger partial charge in [0.25, 0.3) is 0 Å². The van der Waals surface area contributed by atoms with E-state index in [0.29, 0.717) is 10.7 Å². The Morgan fingerprint density at radius 3 is 2.62 bits per heavy atom. The van der Waals surface area contributed by atoms with Gasteiger partial charge in [-0.3, -0.25) is 4.79 Å². The molecule has 0 aromatic rings. The molecule has 0 aromatic carbocycles. The molecule has 0 aromatic heterocycles. The number of likely N-dealkylation sites (tertiary alicyclic amines) is 1. The van der Waals surface area contributed by atoms with Crippen LogP contribution in [-0.2, 0) is 4.79 Å². The van der Waals surface area contributed by atoms with Gasteiger partial charge in [0.2, 0.25) is 5.91 Å². The third-order valence-corrected chi connectivity index (χ3v) is 3.86. The fourth-order valence-electron chi connectivity index (χ4n) is 1.59. The van der Waals surface area contributed by atoms with Gasteiger partial charge in [-0.05, 0) is 12.3 Å². The van der Waals surface area contributed by atoms with Gasteiger partial charge in [-0.1, -0.05) is 36.7 Å². The molecule has 0 radical (unpaired) electrons. The van der Waals surface area contributed by atoms with E-state index in [4.69, 9.17) is 0 Å². The Balaban J connectivity index is 2.50. The first-order valence-electron chi connectivity index (χ1n) is 4.95. The number of halogens is 1. The number of hydrogen-bond acceptors (Lipinski definition) is 1. The number of carbonyl (C=O) groups excluding carboxylic acids is 1. The van der Waals surface area contributed by atoms with Crippen LogP contribution in [0.2, 0.25) is 0 Å². The van der Waals surface area contributed by atoms with Crippen LogP contribution < -0.4 is 0 Å². The van der Waals surface area contributed by atoms with Gasteiger partial charge in [0.1, 0.15) is 0 Å². The molecular weight excluding hydrogens is 230 g/mol. The maximum atomic E-state index is 11.7. The predicted octanol–water partition coefficient (Wildman–Crippen LogP) is 2.27. The first-order chi connectivity index (χ1) is 6.02. The molecule has 1 amide bonds. The van der Waals surface area contributed by atoms with Gasteiger partial charge < -0.3 is 4.90 Å². The van der Waals surface area contributed by atoms with E-state index >= 15 is 0 Å². The number of alkyl halides is 1. The largest absolute Gasteiger partial charge is 0.341 e. The summed E-state index contributed by atoms with van der Waals surface area (Å²) in [5.74, 6) is 1.11. The summed E-state index contributed by atoms with van der Waals surface area (Å²) in [5, 5.41) is 0. The number of amides is 1. The topological polar surface area (TPSA) is 20.3 Å². The van der Waals surface area contributed by atoms with E-state index in [1.54, 1.807) is 0 Å². The Morgan fingerprint density at radius 1 is 1.54 bits per heavy atom. The Hall–Kier alpha value is -0.0500. The predicted molar refractivity (Wildman–Crippen MR) is 57.9 cm³/mol. The van der Waals surface area contributed by atoms with Crippen molar-refractivity contribution in [2.45, 2.75) is 32.0 Å². The lowest BCUT2D eigenvalue weighted by atomic mass is 9.98. The highest BCUT2D eigenvalue weighted by atomic mass is 79.9. The molecular formula is C10H18BrNO. The summed E-state index contributed by atoms with van der Waals surface area (Å²) in [7, 11) is 0. The number of hydrogen-bond donors (Lipinski definition) is 0. The molecule has 0 N–H and O–H groups in total. The number of rotatable bonds is 1. The minimum absolute atomic E-state index is 0.133. The standard InChI is InChI=1S/C10H18BrNO/c1-7(2)10(13)12-5-4-8(3)9(11)6-12/h7-9H,4-6H2,1-3H3. The average molecular weight is 248 g/mol. The van der Waals surface area contributed by atoms with Crippen molar-refractivity contribution in [3.63, 3.8) is 0 Å². The summed E-state index contributed by atoms with van der Waals surface area (Å²) < 4.78 is 0. The Morgan fingerprint density at radius 2 is 2.15 bits per heavy atom. The fraction of sp³-hybridized carbons (Fsp3) is 0.900. The second-order valence-corrected chi connectivity index (χ2v) is 5.40. The molecule has 13 heavy (non-hydrogen) atoms. The van der Waals surface area contributed by atoms with Crippen LogP contribution in [0.25, 0.3) is 0 Å².